The van der Waals surface area contributed by atoms with Crippen LogP contribution in [0, 0.1) is 13.8 Å². The number of aryl methyl sites for hydroxylation is 2. The molecule has 0 amide bonds. The molecule has 0 aliphatic carbocycles. The van der Waals surface area contributed by atoms with Crippen molar-refractivity contribution < 1.29 is 27.6 Å². The van der Waals surface area contributed by atoms with Crippen molar-refractivity contribution in [2.75, 3.05) is 11.5 Å². The zero-order valence-corrected chi connectivity index (χ0v) is 17.7. The first-order chi connectivity index (χ1) is 13.8. The number of fused-ring (bicyclic) bond motifs is 1. The molecule has 3 heterocycles. The van der Waals surface area contributed by atoms with Crippen LogP contribution in [0.2, 0.25) is 5.02 Å². The Morgan fingerprint density at radius 2 is 2.03 bits per heavy atom. The van der Waals surface area contributed by atoms with Crippen LogP contribution in [-0.2, 0) is 27.1 Å². The van der Waals surface area contributed by atoms with Crippen LogP contribution in [0.1, 0.15) is 16.8 Å². The maximum Gasteiger partial charge on any atom is 0.265 e. The maximum atomic E-state index is 13.0. The number of hydrogen-bond donors (Lipinski definition) is 2. The number of ether oxygens (including phenoxy) is 2. The third-order valence-electron chi connectivity index (χ3n) is 4.45. The van der Waals surface area contributed by atoms with Gasteiger partial charge < -0.3 is 14.0 Å². The number of rotatable bonds is 5. The molecule has 1 aromatic carbocycles. The molecule has 154 valence electrons. The van der Waals surface area contributed by atoms with Crippen LogP contribution < -0.4 is 14.2 Å². The first-order valence-electron chi connectivity index (χ1n) is 8.33. The second kappa shape index (κ2) is 7.48. The first kappa shape index (κ1) is 20.0. The summed E-state index contributed by atoms with van der Waals surface area (Å²) < 4.78 is 47.3. The lowest BCUT2D eigenvalue weighted by molar-refractivity contribution is 0.174. The molecule has 0 radical (unpaired) electrons. The molecule has 2 aliphatic rings. The molecule has 0 bridgehead atoms. The molecule has 2 N–H and O–H groups in total. The summed E-state index contributed by atoms with van der Waals surface area (Å²) >= 11 is 6.02. The second-order valence-electron chi connectivity index (χ2n) is 6.31. The Bertz CT molecular complexity index is 1200. The van der Waals surface area contributed by atoms with Gasteiger partial charge in [-0.25, -0.2) is 13.1 Å². The molecule has 0 spiro atoms. The van der Waals surface area contributed by atoms with E-state index in [-0.39, 0.29) is 29.0 Å². The molecule has 0 saturated carbocycles. The fraction of sp³-hybridized carbons (Fsp3) is 0.235. The van der Waals surface area contributed by atoms with Crippen LogP contribution >= 0.6 is 11.6 Å². The Balaban J connectivity index is 1.73. The van der Waals surface area contributed by atoms with Gasteiger partial charge in [0.2, 0.25) is 6.79 Å². The quantitative estimate of drug-likeness (QED) is 0.657. The lowest BCUT2D eigenvalue weighted by Crippen LogP contribution is -2.15. The molecule has 12 heteroatoms. The highest BCUT2D eigenvalue weighted by Crippen LogP contribution is 2.37. The number of sulfonamides is 1. The molecule has 1 unspecified atom stereocenters. The van der Waals surface area contributed by atoms with Crippen molar-refractivity contribution in [1.82, 2.24) is 5.16 Å². The van der Waals surface area contributed by atoms with Gasteiger partial charge in [0.05, 0.1) is 4.91 Å². The predicted molar refractivity (Wildman–Crippen MR) is 108 cm³/mol. The van der Waals surface area contributed by atoms with Gasteiger partial charge >= 0.3 is 0 Å². The monoisotopic (exact) mass is 457 g/mol. The van der Waals surface area contributed by atoms with E-state index in [0.29, 0.717) is 22.1 Å². The summed E-state index contributed by atoms with van der Waals surface area (Å²) in [5.74, 6) is 1.06. The summed E-state index contributed by atoms with van der Waals surface area (Å²) in [6.07, 6.45) is 1.64. The van der Waals surface area contributed by atoms with Crippen LogP contribution in [-0.4, -0.2) is 25.6 Å². The van der Waals surface area contributed by atoms with Crippen molar-refractivity contribution in [2.45, 2.75) is 20.3 Å². The van der Waals surface area contributed by atoms with Gasteiger partial charge in [-0.05, 0) is 59.3 Å². The molecule has 0 saturated heterocycles. The average Bonchev–Trinajstić information content (AvgIpc) is 3.37. The van der Waals surface area contributed by atoms with Gasteiger partial charge in [0, 0.05) is 11.3 Å². The number of nitrogens with one attached hydrogen (secondary N) is 1. The summed E-state index contributed by atoms with van der Waals surface area (Å²) in [6.45, 7) is 3.62. The van der Waals surface area contributed by atoms with Crippen LogP contribution in [0.15, 0.2) is 42.5 Å². The number of benzene rings is 1. The van der Waals surface area contributed by atoms with E-state index in [1.54, 1.807) is 13.0 Å². The van der Waals surface area contributed by atoms with E-state index >= 15 is 0 Å². The SMILES string of the molecule is Cc1cc2c(cc1CC1=C(S(=O)(=O)Nc3onc(C)c3Cl)C=CS1=NO)OCO2. The van der Waals surface area contributed by atoms with E-state index in [1.165, 1.54) is 11.5 Å². The summed E-state index contributed by atoms with van der Waals surface area (Å²) in [6, 6.07) is 3.63. The lowest BCUT2D eigenvalue weighted by Gasteiger charge is -2.12. The third kappa shape index (κ3) is 3.66. The van der Waals surface area contributed by atoms with Crippen molar-refractivity contribution in [3.05, 3.63) is 55.3 Å². The van der Waals surface area contributed by atoms with Crippen LogP contribution in [0.5, 0.6) is 11.5 Å². The molecule has 1 aromatic heterocycles. The summed E-state index contributed by atoms with van der Waals surface area (Å²) in [7, 11) is -5.16. The van der Waals surface area contributed by atoms with E-state index in [9.17, 15) is 13.6 Å². The van der Waals surface area contributed by atoms with Gasteiger partial charge in [-0.1, -0.05) is 16.8 Å². The fourth-order valence-electron chi connectivity index (χ4n) is 2.93. The van der Waals surface area contributed by atoms with E-state index in [1.807, 2.05) is 13.0 Å². The van der Waals surface area contributed by atoms with Crippen LogP contribution in [0.4, 0.5) is 5.88 Å². The Labute approximate surface area is 174 Å². The Morgan fingerprint density at radius 1 is 1.31 bits per heavy atom. The smallest absolute Gasteiger partial charge is 0.265 e. The first-order valence-corrected chi connectivity index (χ1v) is 11.4. The highest BCUT2D eigenvalue weighted by atomic mass is 35.5. The number of aromatic nitrogens is 1. The van der Waals surface area contributed by atoms with E-state index in [4.69, 9.17) is 25.6 Å². The predicted octanol–water partition coefficient (Wildman–Crippen LogP) is 3.59. The van der Waals surface area contributed by atoms with Gasteiger partial charge in [0.25, 0.3) is 15.9 Å². The molecule has 2 aromatic rings. The summed E-state index contributed by atoms with van der Waals surface area (Å²) in [5, 5.41) is 14.6. The van der Waals surface area contributed by atoms with Crippen molar-refractivity contribution >= 4 is 38.2 Å². The fourth-order valence-corrected chi connectivity index (χ4v) is 6.05. The molecule has 0 fully saturated rings. The number of halogens is 1. The van der Waals surface area contributed by atoms with Crippen molar-refractivity contribution in [3.8, 4) is 11.5 Å². The van der Waals surface area contributed by atoms with Crippen molar-refractivity contribution in [1.29, 1.82) is 0 Å². The normalized spacial score (nSPS) is 18.1. The zero-order chi connectivity index (χ0) is 20.8. The largest absolute Gasteiger partial charge is 0.454 e. The highest BCUT2D eigenvalue weighted by molar-refractivity contribution is 8.00. The van der Waals surface area contributed by atoms with Gasteiger partial charge in [0.15, 0.2) is 11.5 Å². The molecule has 9 nitrogen and oxygen atoms in total. The number of nitrogens with zero attached hydrogens (tertiary/aromatic N) is 2. The van der Waals surface area contributed by atoms with Crippen molar-refractivity contribution in [3.63, 3.8) is 0 Å². The lowest BCUT2D eigenvalue weighted by atomic mass is 10.0. The number of allylic oxidation sites excluding steroid dienone is 2. The second-order valence-corrected chi connectivity index (χ2v) is 9.90. The molecular formula is C17H16ClN3O6S2. The molecule has 2 aliphatic heterocycles. The van der Waals surface area contributed by atoms with Crippen molar-refractivity contribution in [2.24, 2.45) is 4.53 Å². The van der Waals surface area contributed by atoms with E-state index in [2.05, 4.69) is 14.4 Å². The van der Waals surface area contributed by atoms with Crippen LogP contribution in [0.3, 0.4) is 0 Å². The topological polar surface area (TPSA) is 123 Å². The van der Waals surface area contributed by atoms with Gasteiger partial charge in [-0.15, -0.1) is 4.53 Å². The standard InChI is InChI=1S/C17H16ClN3O6S2/c1-9-5-12-13(26-8-25-12)6-11(9)7-14-15(3-4-28(14)21-22)29(23,24)20-17-16(18)10(2)19-27-17/h3-6,20,22H,7-8H2,1-2H3. The summed E-state index contributed by atoms with van der Waals surface area (Å²) in [5.41, 5.74) is 2.09. The Morgan fingerprint density at radius 3 is 2.69 bits per heavy atom. The summed E-state index contributed by atoms with van der Waals surface area (Å²) in [4.78, 5) is 0.412. The van der Waals surface area contributed by atoms with E-state index in [0.717, 1.165) is 11.1 Å². The Hall–Kier alpha value is -2.34. The van der Waals surface area contributed by atoms with Gasteiger partial charge in [-0.2, -0.15) is 0 Å². The minimum atomic E-state index is -4.05. The molecular weight excluding hydrogens is 442 g/mol. The van der Waals surface area contributed by atoms with Crippen LogP contribution in [0.25, 0.3) is 0 Å². The number of hydrogen-bond acceptors (Lipinski definition) is 7. The molecule has 4 rings (SSSR count). The zero-order valence-electron chi connectivity index (χ0n) is 15.3. The highest BCUT2D eigenvalue weighted by Gasteiger charge is 2.29. The third-order valence-corrected chi connectivity index (χ3v) is 7.88. The molecule has 29 heavy (non-hydrogen) atoms. The Kier molecular flexibility index (Phi) is 5.15. The van der Waals surface area contributed by atoms with Gasteiger partial charge in [0.1, 0.15) is 10.7 Å². The number of anilines is 1. The average molecular weight is 458 g/mol. The van der Waals surface area contributed by atoms with Gasteiger partial charge in [-0.3, -0.25) is 5.21 Å². The minimum Gasteiger partial charge on any atom is -0.454 e. The van der Waals surface area contributed by atoms with E-state index < -0.39 is 20.7 Å². The maximum absolute atomic E-state index is 13.0. The molecule has 1 atom stereocenters. The minimum absolute atomic E-state index is 0.0131.